The first-order chi connectivity index (χ1) is 16.0. The Labute approximate surface area is 191 Å². The van der Waals surface area contributed by atoms with Crippen molar-refractivity contribution in [2.75, 3.05) is 5.73 Å². The van der Waals surface area contributed by atoms with Crippen molar-refractivity contribution in [3.63, 3.8) is 0 Å². The van der Waals surface area contributed by atoms with E-state index in [1.54, 1.807) is 12.2 Å². The van der Waals surface area contributed by atoms with Gasteiger partial charge >= 0.3 is 0 Å². The minimum atomic E-state index is -0.200. The monoisotopic (exact) mass is 439 g/mol. The molecule has 7 heteroatoms. The van der Waals surface area contributed by atoms with Crippen molar-refractivity contribution in [1.29, 1.82) is 0 Å². The lowest BCUT2D eigenvalue weighted by atomic mass is 10.0. The fraction of sp³-hybridized carbons (Fsp3) is 0.154. The molecule has 7 nitrogen and oxygen atoms in total. The molecule has 2 aromatic carbocycles. The lowest BCUT2D eigenvalue weighted by Gasteiger charge is -2.08. The van der Waals surface area contributed by atoms with Crippen LogP contribution in [0.25, 0.3) is 21.9 Å². The number of amides is 1. The summed E-state index contributed by atoms with van der Waals surface area (Å²) in [4.78, 5) is 21.4. The summed E-state index contributed by atoms with van der Waals surface area (Å²) in [5.41, 5.74) is 11.6. The number of nitrogens with two attached hydrogens (primary N) is 1. The molecule has 0 spiro atoms. The van der Waals surface area contributed by atoms with E-state index in [2.05, 4.69) is 39.3 Å². The van der Waals surface area contributed by atoms with Crippen LogP contribution in [0.2, 0.25) is 0 Å². The summed E-state index contributed by atoms with van der Waals surface area (Å²) >= 11 is 0. The Bertz CT molecular complexity index is 1420. The largest absolute Gasteiger partial charge is 0.380 e. The molecule has 1 amide bonds. The number of carbonyl (C=O) groups excluding carboxylic acids is 1. The van der Waals surface area contributed by atoms with Crippen molar-refractivity contribution in [2.45, 2.75) is 26.8 Å². The predicted octanol–water partition coefficient (Wildman–Crippen LogP) is 4.66. The highest BCUT2D eigenvalue weighted by Gasteiger charge is 2.10. The summed E-state index contributed by atoms with van der Waals surface area (Å²) < 4.78 is 5.19. The van der Waals surface area contributed by atoms with Crippen molar-refractivity contribution in [2.24, 2.45) is 4.99 Å². The summed E-state index contributed by atoms with van der Waals surface area (Å²) in [6, 6.07) is 13.7. The first kappa shape index (κ1) is 22.0. The normalized spacial score (nSPS) is 12.3. The lowest BCUT2D eigenvalue weighted by Crippen LogP contribution is -2.24. The van der Waals surface area contributed by atoms with E-state index in [1.165, 1.54) is 0 Å². The van der Waals surface area contributed by atoms with E-state index in [1.807, 2.05) is 50.4 Å². The van der Waals surface area contributed by atoms with Crippen molar-refractivity contribution >= 4 is 40.3 Å². The Morgan fingerprint density at radius 3 is 2.82 bits per heavy atom. The van der Waals surface area contributed by atoms with Crippen LogP contribution >= 0.6 is 0 Å². The van der Waals surface area contributed by atoms with Gasteiger partial charge in [0.2, 0.25) is 0 Å². The minimum absolute atomic E-state index is 0.200. The predicted molar refractivity (Wildman–Crippen MR) is 132 cm³/mol. The van der Waals surface area contributed by atoms with E-state index in [4.69, 9.17) is 10.3 Å². The van der Waals surface area contributed by atoms with Crippen LogP contribution in [0.4, 0.5) is 5.82 Å². The standard InChI is InChI=1S/C26H25N5O2/c1-4-19(26(32)30-15-18-5-7-22-24(12-18)33-31-25(22)27)13-21(28-3)11-17-6-8-23-20(10-17)9-16(2)14-29-23/h4-10,12-14H,3,11,15H2,1-2H3,(H2,27,31)(H,30,32)/b19-4+,21-13-. The van der Waals surface area contributed by atoms with E-state index >= 15 is 0 Å². The van der Waals surface area contributed by atoms with Crippen molar-refractivity contribution < 1.29 is 9.32 Å². The van der Waals surface area contributed by atoms with E-state index in [9.17, 15) is 4.79 Å². The van der Waals surface area contributed by atoms with E-state index in [-0.39, 0.29) is 5.91 Å². The third kappa shape index (κ3) is 4.98. The number of nitrogens with one attached hydrogen (secondary N) is 1. The Kier molecular flexibility index (Phi) is 6.31. The van der Waals surface area contributed by atoms with Crippen LogP contribution in [0.3, 0.4) is 0 Å². The van der Waals surface area contributed by atoms with Gasteiger partial charge in [0.15, 0.2) is 11.4 Å². The highest BCUT2D eigenvalue weighted by atomic mass is 16.5. The quantitative estimate of drug-likeness (QED) is 0.248. The van der Waals surface area contributed by atoms with Crippen LogP contribution in [-0.4, -0.2) is 22.8 Å². The molecule has 33 heavy (non-hydrogen) atoms. The maximum absolute atomic E-state index is 12.8. The molecule has 0 aliphatic rings. The number of anilines is 1. The Morgan fingerprint density at radius 1 is 1.21 bits per heavy atom. The fourth-order valence-corrected chi connectivity index (χ4v) is 3.62. The second kappa shape index (κ2) is 9.48. The number of fused-ring (bicyclic) bond motifs is 2. The van der Waals surface area contributed by atoms with Gasteiger partial charge < -0.3 is 15.6 Å². The number of allylic oxidation sites excluding steroid dienone is 2. The second-order valence-corrected chi connectivity index (χ2v) is 7.84. The van der Waals surface area contributed by atoms with Gasteiger partial charge in [0.25, 0.3) is 5.91 Å². The number of carbonyl (C=O) groups is 1. The number of rotatable bonds is 7. The molecule has 2 aromatic heterocycles. The van der Waals surface area contributed by atoms with Gasteiger partial charge in [0.05, 0.1) is 10.9 Å². The number of benzene rings is 2. The number of nitrogens with zero attached hydrogens (tertiary/aromatic N) is 3. The maximum atomic E-state index is 12.8. The summed E-state index contributed by atoms with van der Waals surface area (Å²) in [5, 5.41) is 8.51. The maximum Gasteiger partial charge on any atom is 0.251 e. The first-order valence-electron chi connectivity index (χ1n) is 10.6. The molecule has 4 rings (SSSR count). The molecular formula is C26H25N5O2. The number of hydrogen-bond acceptors (Lipinski definition) is 6. The number of pyridine rings is 1. The zero-order chi connectivity index (χ0) is 23.4. The molecule has 0 aliphatic heterocycles. The van der Waals surface area contributed by atoms with Gasteiger partial charge in [-0.1, -0.05) is 23.4 Å². The summed E-state index contributed by atoms with van der Waals surface area (Å²) in [7, 11) is 0. The molecule has 3 N–H and O–H groups in total. The molecule has 0 saturated heterocycles. The average Bonchev–Trinajstić information content (AvgIpc) is 3.19. The van der Waals surface area contributed by atoms with Gasteiger partial charge in [-0.3, -0.25) is 14.8 Å². The molecule has 166 valence electrons. The fourth-order valence-electron chi connectivity index (χ4n) is 3.62. The molecule has 0 atom stereocenters. The Hall–Kier alpha value is -4.26. The Balaban J connectivity index is 1.46. The van der Waals surface area contributed by atoms with Crippen molar-refractivity contribution in [1.82, 2.24) is 15.5 Å². The summed E-state index contributed by atoms with van der Waals surface area (Å²) in [6.07, 6.45) is 5.94. The number of aryl methyl sites for hydroxylation is 1. The molecule has 0 saturated carbocycles. The van der Waals surface area contributed by atoms with Crippen LogP contribution in [-0.2, 0) is 17.8 Å². The van der Waals surface area contributed by atoms with Crippen molar-refractivity contribution in [3.8, 4) is 0 Å². The second-order valence-electron chi connectivity index (χ2n) is 7.84. The minimum Gasteiger partial charge on any atom is -0.380 e. The smallest absolute Gasteiger partial charge is 0.251 e. The number of aliphatic imine (C=N–C) groups is 1. The van der Waals surface area contributed by atoms with Crippen LogP contribution in [0, 0.1) is 6.92 Å². The molecular weight excluding hydrogens is 414 g/mol. The summed E-state index contributed by atoms with van der Waals surface area (Å²) in [5.74, 6) is 0.151. The van der Waals surface area contributed by atoms with Gasteiger partial charge in [-0.15, -0.1) is 0 Å². The molecule has 0 aliphatic carbocycles. The van der Waals surface area contributed by atoms with E-state index in [0.717, 1.165) is 33.0 Å². The van der Waals surface area contributed by atoms with Crippen LogP contribution in [0.5, 0.6) is 0 Å². The number of nitrogen functional groups attached to an aromatic ring is 1. The average molecular weight is 440 g/mol. The molecule has 0 fully saturated rings. The zero-order valence-corrected chi connectivity index (χ0v) is 18.6. The molecule has 0 bridgehead atoms. The Morgan fingerprint density at radius 2 is 2.03 bits per heavy atom. The molecule has 0 radical (unpaired) electrons. The lowest BCUT2D eigenvalue weighted by molar-refractivity contribution is -0.117. The first-order valence-corrected chi connectivity index (χ1v) is 10.6. The van der Waals surface area contributed by atoms with Crippen molar-refractivity contribution in [3.05, 3.63) is 88.8 Å². The van der Waals surface area contributed by atoms with Gasteiger partial charge in [0.1, 0.15) is 0 Å². The zero-order valence-electron chi connectivity index (χ0n) is 18.6. The van der Waals surface area contributed by atoms with Gasteiger partial charge in [-0.05, 0) is 73.7 Å². The third-order valence-electron chi connectivity index (χ3n) is 5.38. The SMILES string of the molecule is C=N/C(=C\C(=C/C)C(=O)NCc1ccc2c(N)noc2c1)Cc1ccc2ncc(C)cc2c1. The third-order valence-corrected chi connectivity index (χ3v) is 5.38. The van der Waals surface area contributed by atoms with Gasteiger partial charge in [-0.2, -0.15) is 0 Å². The highest BCUT2D eigenvalue weighted by Crippen LogP contribution is 2.22. The van der Waals surface area contributed by atoms with Gasteiger partial charge in [-0.25, -0.2) is 0 Å². The number of aromatic nitrogens is 2. The van der Waals surface area contributed by atoms with Crippen LogP contribution in [0.1, 0.15) is 23.6 Å². The molecule has 2 heterocycles. The van der Waals surface area contributed by atoms with Crippen LogP contribution in [0.15, 0.2) is 81.6 Å². The summed E-state index contributed by atoms with van der Waals surface area (Å²) in [6.45, 7) is 7.87. The van der Waals surface area contributed by atoms with E-state index < -0.39 is 0 Å². The number of hydrogen-bond donors (Lipinski definition) is 2. The topological polar surface area (TPSA) is 106 Å². The molecule has 4 aromatic rings. The van der Waals surface area contributed by atoms with Crippen LogP contribution < -0.4 is 11.1 Å². The van der Waals surface area contributed by atoms with E-state index in [0.29, 0.717) is 35.6 Å². The molecule has 0 unspecified atom stereocenters. The highest BCUT2D eigenvalue weighted by molar-refractivity contribution is 5.96. The van der Waals surface area contributed by atoms with Gasteiger partial charge in [0, 0.05) is 35.8 Å².